The van der Waals surface area contributed by atoms with E-state index in [0.717, 1.165) is 18.9 Å². The lowest BCUT2D eigenvalue weighted by molar-refractivity contribution is 0.0948. The van der Waals surface area contributed by atoms with Gasteiger partial charge in [0.25, 0.3) is 5.91 Å². The fourth-order valence-electron chi connectivity index (χ4n) is 2.91. The molecule has 2 aromatic carbocycles. The lowest BCUT2D eigenvalue weighted by atomic mass is 10.1. The Kier molecular flexibility index (Phi) is 4.35. The van der Waals surface area contributed by atoms with Crippen LogP contribution in [0.2, 0.25) is 0 Å². The molecule has 1 saturated carbocycles. The van der Waals surface area contributed by atoms with E-state index in [2.05, 4.69) is 15.5 Å². The second kappa shape index (κ2) is 6.83. The lowest BCUT2D eigenvalue weighted by Gasteiger charge is -2.10. The van der Waals surface area contributed by atoms with Gasteiger partial charge in [-0.05, 0) is 49.3 Å². The topological polar surface area (TPSA) is 67.0 Å². The average molecular weight is 369 g/mol. The summed E-state index contributed by atoms with van der Waals surface area (Å²) in [6.45, 7) is 0. The fraction of sp³-hybridized carbons (Fsp3) is 0.200. The molecule has 1 amide bonds. The van der Waals surface area contributed by atoms with Gasteiger partial charge in [-0.25, -0.2) is 8.78 Å². The molecular weight excluding hydrogens is 352 g/mol. The van der Waals surface area contributed by atoms with E-state index in [-0.39, 0.29) is 17.5 Å². The van der Waals surface area contributed by atoms with Crippen molar-refractivity contribution >= 4 is 29.0 Å². The smallest absolute Gasteiger partial charge is 0.255 e. The summed E-state index contributed by atoms with van der Waals surface area (Å²) >= 11 is 0. The number of nitrogens with one attached hydrogen (secondary N) is 2. The Bertz CT molecular complexity index is 1050. The van der Waals surface area contributed by atoms with Crippen molar-refractivity contribution in [1.29, 1.82) is 0 Å². The number of rotatable bonds is 5. The summed E-state index contributed by atoms with van der Waals surface area (Å²) < 4.78 is 32.4. The minimum Gasteiger partial charge on any atom is -0.495 e. The third-order valence-corrected chi connectivity index (χ3v) is 4.46. The highest BCUT2D eigenvalue weighted by Crippen LogP contribution is 2.33. The van der Waals surface area contributed by atoms with Gasteiger partial charge < -0.3 is 10.1 Å². The normalized spacial score (nSPS) is 14.0. The SMILES string of the molecule is COc1c(C(=O)NC2CC2)ccc2[nH]nc(/C=C/c3ccc(F)cc3F)c12. The third kappa shape index (κ3) is 3.40. The van der Waals surface area contributed by atoms with Gasteiger partial charge in [-0.3, -0.25) is 9.89 Å². The number of ether oxygens (including phenoxy) is 1. The van der Waals surface area contributed by atoms with Gasteiger partial charge in [0, 0.05) is 17.7 Å². The lowest BCUT2D eigenvalue weighted by Crippen LogP contribution is -2.25. The number of carbonyl (C=O) groups is 1. The highest BCUT2D eigenvalue weighted by molar-refractivity contribution is 6.05. The average Bonchev–Trinajstić information content (AvgIpc) is 3.37. The Morgan fingerprint density at radius 3 is 2.78 bits per heavy atom. The van der Waals surface area contributed by atoms with Crippen LogP contribution in [-0.4, -0.2) is 29.3 Å². The van der Waals surface area contributed by atoms with Crippen molar-refractivity contribution in [3.63, 3.8) is 0 Å². The number of fused-ring (bicyclic) bond motifs is 1. The number of amides is 1. The van der Waals surface area contributed by atoms with E-state index in [4.69, 9.17) is 4.74 Å². The molecule has 0 saturated heterocycles. The van der Waals surface area contributed by atoms with Crippen LogP contribution in [0.4, 0.5) is 8.78 Å². The van der Waals surface area contributed by atoms with Gasteiger partial charge in [0.15, 0.2) is 0 Å². The zero-order valence-electron chi connectivity index (χ0n) is 14.6. The maximum absolute atomic E-state index is 13.8. The van der Waals surface area contributed by atoms with Crippen molar-refractivity contribution in [3.05, 3.63) is 58.8 Å². The zero-order valence-corrected chi connectivity index (χ0v) is 14.6. The molecule has 1 aliphatic carbocycles. The summed E-state index contributed by atoms with van der Waals surface area (Å²) in [5, 5.41) is 10.7. The Morgan fingerprint density at radius 2 is 2.07 bits per heavy atom. The first-order chi connectivity index (χ1) is 13.1. The number of hydrogen-bond donors (Lipinski definition) is 2. The predicted molar refractivity (Wildman–Crippen MR) is 98.4 cm³/mol. The Hall–Kier alpha value is -3.22. The quantitative estimate of drug-likeness (QED) is 0.717. The molecule has 138 valence electrons. The van der Waals surface area contributed by atoms with Crippen LogP contribution in [0.15, 0.2) is 30.3 Å². The summed E-state index contributed by atoms with van der Waals surface area (Å²) in [6.07, 6.45) is 5.07. The van der Waals surface area contributed by atoms with E-state index in [9.17, 15) is 13.6 Å². The molecule has 5 nitrogen and oxygen atoms in total. The van der Waals surface area contributed by atoms with Gasteiger partial charge in [0.1, 0.15) is 17.4 Å². The molecule has 0 unspecified atom stereocenters. The van der Waals surface area contributed by atoms with E-state index in [0.29, 0.717) is 27.9 Å². The van der Waals surface area contributed by atoms with Crippen molar-refractivity contribution in [3.8, 4) is 5.75 Å². The number of carbonyl (C=O) groups excluding carboxylic acids is 1. The Morgan fingerprint density at radius 1 is 1.26 bits per heavy atom. The van der Waals surface area contributed by atoms with Crippen LogP contribution in [-0.2, 0) is 0 Å². The van der Waals surface area contributed by atoms with E-state index >= 15 is 0 Å². The highest BCUT2D eigenvalue weighted by atomic mass is 19.1. The first kappa shape index (κ1) is 17.2. The van der Waals surface area contributed by atoms with Crippen LogP contribution in [0, 0.1) is 11.6 Å². The van der Waals surface area contributed by atoms with E-state index < -0.39 is 11.6 Å². The van der Waals surface area contributed by atoms with Gasteiger partial charge in [0.2, 0.25) is 0 Å². The number of hydrogen-bond acceptors (Lipinski definition) is 3. The monoisotopic (exact) mass is 369 g/mol. The second-order valence-corrected chi connectivity index (χ2v) is 6.42. The molecule has 0 spiro atoms. The van der Waals surface area contributed by atoms with Crippen molar-refractivity contribution in [1.82, 2.24) is 15.5 Å². The van der Waals surface area contributed by atoms with Crippen molar-refractivity contribution in [2.24, 2.45) is 0 Å². The van der Waals surface area contributed by atoms with Crippen molar-refractivity contribution in [2.75, 3.05) is 7.11 Å². The molecular formula is C20H17F2N3O2. The Labute approximate surface area is 154 Å². The van der Waals surface area contributed by atoms with Gasteiger partial charge in [-0.1, -0.05) is 0 Å². The molecule has 1 fully saturated rings. The molecule has 7 heteroatoms. The van der Waals surface area contributed by atoms with Crippen LogP contribution in [0.1, 0.15) is 34.5 Å². The number of benzene rings is 2. The first-order valence-corrected chi connectivity index (χ1v) is 8.56. The molecule has 2 N–H and O–H groups in total. The summed E-state index contributed by atoms with van der Waals surface area (Å²) in [6, 6.07) is 7.02. The van der Waals surface area contributed by atoms with E-state index in [1.165, 1.54) is 25.3 Å². The minimum atomic E-state index is -0.664. The number of H-pyrrole nitrogens is 1. The van der Waals surface area contributed by atoms with Gasteiger partial charge in [-0.2, -0.15) is 5.10 Å². The number of methoxy groups -OCH3 is 1. The van der Waals surface area contributed by atoms with Crippen LogP contribution in [0.3, 0.4) is 0 Å². The molecule has 1 aromatic heterocycles. The minimum absolute atomic E-state index is 0.197. The molecule has 0 aliphatic heterocycles. The summed E-state index contributed by atoms with van der Waals surface area (Å²) in [5.41, 5.74) is 1.83. The van der Waals surface area contributed by atoms with E-state index in [1.807, 2.05) is 0 Å². The van der Waals surface area contributed by atoms with E-state index in [1.54, 1.807) is 18.2 Å². The first-order valence-electron chi connectivity index (χ1n) is 8.56. The summed E-state index contributed by atoms with van der Waals surface area (Å²) in [7, 11) is 1.49. The third-order valence-electron chi connectivity index (χ3n) is 4.46. The standard InChI is InChI=1S/C20H17F2N3O2/c1-27-19-14(20(26)23-13-5-6-13)7-9-17-18(19)16(24-25-17)8-3-11-2-4-12(21)10-15(11)22/h2-4,7-10,13H,5-6H2,1H3,(H,23,26)(H,24,25)/b8-3+. The van der Waals surface area contributed by atoms with Crippen LogP contribution >= 0.6 is 0 Å². The summed E-state index contributed by atoms with van der Waals surface area (Å²) in [4.78, 5) is 12.5. The number of aromatic nitrogens is 2. The number of halogens is 2. The molecule has 3 aromatic rings. The summed E-state index contributed by atoms with van der Waals surface area (Å²) in [5.74, 6) is -1.10. The largest absolute Gasteiger partial charge is 0.495 e. The fourth-order valence-corrected chi connectivity index (χ4v) is 2.91. The van der Waals surface area contributed by atoms with Crippen LogP contribution in [0.5, 0.6) is 5.75 Å². The molecule has 0 atom stereocenters. The van der Waals surface area contributed by atoms with Crippen molar-refractivity contribution < 1.29 is 18.3 Å². The van der Waals surface area contributed by atoms with Crippen LogP contribution in [0.25, 0.3) is 23.1 Å². The zero-order chi connectivity index (χ0) is 19.0. The van der Waals surface area contributed by atoms with Gasteiger partial charge >= 0.3 is 0 Å². The molecule has 4 rings (SSSR count). The Balaban J connectivity index is 1.74. The molecule has 1 heterocycles. The molecule has 27 heavy (non-hydrogen) atoms. The number of aromatic amines is 1. The van der Waals surface area contributed by atoms with Crippen LogP contribution < -0.4 is 10.1 Å². The van der Waals surface area contributed by atoms with Gasteiger partial charge in [0.05, 0.1) is 29.3 Å². The maximum Gasteiger partial charge on any atom is 0.255 e. The van der Waals surface area contributed by atoms with Gasteiger partial charge in [-0.15, -0.1) is 0 Å². The molecule has 0 bridgehead atoms. The highest BCUT2D eigenvalue weighted by Gasteiger charge is 2.26. The molecule has 1 aliphatic rings. The maximum atomic E-state index is 13.8. The predicted octanol–water partition coefficient (Wildman–Crippen LogP) is 3.91. The number of nitrogens with zero attached hydrogens (tertiary/aromatic N) is 1. The van der Waals surface area contributed by atoms with Crippen molar-refractivity contribution in [2.45, 2.75) is 18.9 Å². The molecule has 0 radical (unpaired) electrons. The second-order valence-electron chi connectivity index (χ2n) is 6.42.